The second-order valence-corrected chi connectivity index (χ2v) is 2.05. The van der Waals surface area contributed by atoms with Crippen LogP contribution < -0.4 is 0 Å². The lowest BCUT2D eigenvalue weighted by molar-refractivity contribution is -0.116. The molecule has 0 aromatic carbocycles. The third-order valence-corrected chi connectivity index (χ3v) is 1.31. The van der Waals surface area contributed by atoms with E-state index in [4.69, 9.17) is 0 Å². The molecule has 1 nitrogen and oxygen atoms in total. The van der Waals surface area contributed by atoms with Gasteiger partial charge in [-0.3, -0.25) is 4.79 Å². The number of rotatable bonds is 2. The zero-order chi connectivity index (χ0) is 7.28. The highest BCUT2D eigenvalue weighted by atomic mass is 16.1. The Balaban J connectivity index is 3.83. The third kappa shape index (κ3) is 2.92. The maximum Gasteiger partial charge on any atom is 0.208 e. The molecule has 0 aromatic rings. The van der Waals surface area contributed by atoms with E-state index in [0.717, 1.165) is 6.42 Å². The molecule has 0 N–H and O–H groups in total. The van der Waals surface area contributed by atoms with Gasteiger partial charge in [-0.1, -0.05) is 19.8 Å². The standard InChI is InChI=1S/C8H12O/c1-4-6-8(9)7(3)5-2/h7H,5H2,1-3H3. The molecule has 1 heteroatoms. The maximum absolute atomic E-state index is 10.8. The van der Waals surface area contributed by atoms with Crippen LogP contribution in [0.4, 0.5) is 0 Å². The summed E-state index contributed by atoms with van der Waals surface area (Å²) in [6, 6.07) is 0. The van der Waals surface area contributed by atoms with Crippen LogP contribution in [0.15, 0.2) is 0 Å². The Morgan fingerprint density at radius 1 is 1.67 bits per heavy atom. The number of Topliss-reactive ketones (excluding diaryl/α,β-unsaturated/α-hetero) is 1. The summed E-state index contributed by atoms with van der Waals surface area (Å²) in [5, 5.41) is 0. The molecule has 0 fully saturated rings. The zero-order valence-corrected chi connectivity index (χ0v) is 6.19. The first-order valence-electron chi connectivity index (χ1n) is 3.19. The second kappa shape index (κ2) is 4.14. The summed E-state index contributed by atoms with van der Waals surface area (Å²) in [4.78, 5) is 10.8. The molecule has 0 spiro atoms. The Morgan fingerprint density at radius 3 is 2.56 bits per heavy atom. The highest BCUT2D eigenvalue weighted by Gasteiger charge is 2.05. The Bertz CT molecular complexity index is 148. The molecule has 0 bridgehead atoms. The van der Waals surface area contributed by atoms with Crippen LogP contribution in [0.25, 0.3) is 0 Å². The van der Waals surface area contributed by atoms with E-state index in [1.54, 1.807) is 6.92 Å². The van der Waals surface area contributed by atoms with Crippen LogP contribution in [0, 0.1) is 17.8 Å². The van der Waals surface area contributed by atoms with Gasteiger partial charge in [0.25, 0.3) is 0 Å². The van der Waals surface area contributed by atoms with E-state index in [1.807, 2.05) is 13.8 Å². The van der Waals surface area contributed by atoms with E-state index < -0.39 is 0 Å². The number of hydrogen-bond donors (Lipinski definition) is 0. The number of hydrogen-bond acceptors (Lipinski definition) is 1. The van der Waals surface area contributed by atoms with Gasteiger partial charge in [-0.05, 0) is 19.3 Å². The van der Waals surface area contributed by atoms with E-state index >= 15 is 0 Å². The van der Waals surface area contributed by atoms with Crippen molar-refractivity contribution in [2.24, 2.45) is 5.92 Å². The molecule has 0 aliphatic carbocycles. The van der Waals surface area contributed by atoms with Crippen molar-refractivity contribution in [1.82, 2.24) is 0 Å². The van der Waals surface area contributed by atoms with Gasteiger partial charge < -0.3 is 0 Å². The number of carbonyl (C=O) groups excluding carboxylic acids is 1. The van der Waals surface area contributed by atoms with Crippen LogP contribution in [0.2, 0.25) is 0 Å². The van der Waals surface area contributed by atoms with Crippen LogP contribution in [0.3, 0.4) is 0 Å². The van der Waals surface area contributed by atoms with Gasteiger partial charge in [0, 0.05) is 5.92 Å². The van der Waals surface area contributed by atoms with Gasteiger partial charge in [0.05, 0.1) is 0 Å². The van der Waals surface area contributed by atoms with Crippen molar-refractivity contribution in [3.8, 4) is 11.8 Å². The fourth-order valence-corrected chi connectivity index (χ4v) is 0.432. The van der Waals surface area contributed by atoms with Gasteiger partial charge in [-0.2, -0.15) is 0 Å². The average molecular weight is 124 g/mol. The van der Waals surface area contributed by atoms with Crippen molar-refractivity contribution < 1.29 is 4.79 Å². The predicted molar refractivity (Wildman–Crippen MR) is 37.9 cm³/mol. The fourth-order valence-electron chi connectivity index (χ4n) is 0.432. The summed E-state index contributed by atoms with van der Waals surface area (Å²) in [6.07, 6.45) is 0.882. The molecule has 0 aromatic heterocycles. The molecular formula is C8H12O. The molecule has 0 rings (SSSR count). The molecule has 0 saturated carbocycles. The largest absolute Gasteiger partial charge is 0.285 e. The summed E-state index contributed by atoms with van der Waals surface area (Å²) in [5.74, 6) is 5.25. The van der Waals surface area contributed by atoms with Crippen molar-refractivity contribution in [2.75, 3.05) is 0 Å². The highest BCUT2D eigenvalue weighted by Crippen LogP contribution is 1.99. The summed E-state index contributed by atoms with van der Waals surface area (Å²) < 4.78 is 0. The average Bonchev–Trinajstić information content (AvgIpc) is 1.87. The predicted octanol–water partition coefficient (Wildman–Crippen LogP) is 1.62. The van der Waals surface area contributed by atoms with Gasteiger partial charge in [-0.15, -0.1) is 0 Å². The lowest BCUT2D eigenvalue weighted by Gasteiger charge is -1.97. The topological polar surface area (TPSA) is 17.1 Å². The van der Waals surface area contributed by atoms with Crippen LogP contribution in [-0.2, 0) is 4.79 Å². The first-order chi connectivity index (χ1) is 4.22. The molecule has 0 amide bonds. The zero-order valence-electron chi connectivity index (χ0n) is 6.19. The highest BCUT2D eigenvalue weighted by molar-refractivity contribution is 5.96. The van der Waals surface area contributed by atoms with Crippen molar-refractivity contribution in [2.45, 2.75) is 27.2 Å². The lowest BCUT2D eigenvalue weighted by atomic mass is 10.0. The molecule has 1 atom stereocenters. The number of ketones is 1. The minimum atomic E-state index is 0.0556. The number of carbonyl (C=O) groups is 1. The molecule has 0 heterocycles. The molecule has 0 aliphatic heterocycles. The molecular weight excluding hydrogens is 112 g/mol. The normalized spacial score (nSPS) is 11.4. The van der Waals surface area contributed by atoms with Crippen molar-refractivity contribution >= 4 is 5.78 Å². The van der Waals surface area contributed by atoms with Crippen molar-refractivity contribution in [3.63, 3.8) is 0 Å². The van der Waals surface area contributed by atoms with Gasteiger partial charge in [0.2, 0.25) is 5.78 Å². The van der Waals surface area contributed by atoms with Gasteiger partial charge >= 0.3 is 0 Å². The van der Waals surface area contributed by atoms with Gasteiger partial charge in [-0.25, -0.2) is 0 Å². The minimum Gasteiger partial charge on any atom is -0.285 e. The summed E-state index contributed by atoms with van der Waals surface area (Å²) in [7, 11) is 0. The first kappa shape index (κ1) is 8.23. The van der Waals surface area contributed by atoms with E-state index in [1.165, 1.54) is 0 Å². The smallest absolute Gasteiger partial charge is 0.208 e. The van der Waals surface area contributed by atoms with E-state index in [9.17, 15) is 4.79 Å². The Kier molecular flexibility index (Phi) is 3.79. The minimum absolute atomic E-state index is 0.0556. The quantitative estimate of drug-likeness (QED) is 0.404. The van der Waals surface area contributed by atoms with Crippen molar-refractivity contribution in [1.29, 1.82) is 0 Å². The third-order valence-electron chi connectivity index (χ3n) is 1.31. The van der Waals surface area contributed by atoms with Crippen LogP contribution in [0.5, 0.6) is 0 Å². The SMILES string of the molecule is CC#CC(=O)C(C)CC. The van der Waals surface area contributed by atoms with Crippen molar-refractivity contribution in [3.05, 3.63) is 0 Å². The molecule has 0 aliphatic rings. The molecule has 9 heavy (non-hydrogen) atoms. The van der Waals surface area contributed by atoms with E-state index in [2.05, 4.69) is 11.8 Å². The lowest BCUT2D eigenvalue weighted by Crippen LogP contribution is -2.05. The molecule has 0 radical (unpaired) electrons. The van der Waals surface area contributed by atoms with Crippen LogP contribution in [0.1, 0.15) is 27.2 Å². The molecule has 1 unspecified atom stereocenters. The Hall–Kier alpha value is -0.770. The van der Waals surface area contributed by atoms with Crippen LogP contribution >= 0.6 is 0 Å². The summed E-state index contributed by atoms with van der Waals surface area (Å²) in [6.45, 7) is 5.56. The molecule has 50 valence electrons. The first-order valence-corrected chi connectivity index (χ1v) is 3.19. The fraction of sp³-hybridized carbons (Fsp3) is 0.625. The van der Waals surface area contributed by atoms with E-state index in [-0.39, 0.29) is 11.7 Å². The second-order valence-electron chi connectivity index (χ2n) is 2.05. The summed E-state index contributed by atoms with van der Waals surface area (Å²) >= 11 is 0. The van der Waals surface area contributed by atoms with E-state index in [0.29, 0.717) is 0 Å². The van der Waals surface area contributed by atoms with Crippen LogP contribution in [-0.4, -0.2) is 5.78 Å². The Labute approximate surface area is 56.5 Å². The Morgan fingerprint density at radius 2 is 2.22 bits per heavy atom. The maximum atomic E-state index is 10.8. The van der Waals surface area contributed by atoms with Gasteiger partial charge in [0.15, 0.2) is 0 Å². The summed E-state index contributed by atoms with van der Waals surface area (Å²) in [5.41, 5.74) is 0. The molecule has 0 saturated heterocycles. The monoisotopic (exact) mass is 124 g/mol. The van der Waals surface area contributed by atoms with Gasteiger partial charge in [0.1, 0.15) is 0 Å².